The number of nitrogens with zero attached hydrogens (tertiary/aromatic N) is 2. The quantitative estimate of drug-likeness (QED) is 0.577. The summed E-state index contributed by atoms with van der Waals surface area (Å²) in [5.41, 5.74) is 10.7. The van der Waals surface area contributed by atoms with Crippen LogP contribution >= 0.6 is 54.5 Å². The lowest BCUT2D eigenvalue weighted by Crippen LogP contribution is -1.91. The van der Waals surface area contributed by atoms with Crippen molar-refractivity contribution in [2.45, 2.75) is 0 Å². The molecular weight excluding hydrogens is 463 g/mol. The van der Waals surface area contributed by atoms with Gasteiger partial charge in [-0.1, -0.05) is 0 Å². The fourth-order valence-electron chi connectivity index (χ4n) is 0.812. The van der Waals surface area contributed by atoms with E-state index in [4.69, 9.17) is 11.5 Å². The van der Waals surface area contributed by atoms with Crippen molar-refractivity contribution in [2.75, 3.05) is 11.5 Å². The van der Waals surface area contributed by atoms with Crippen LogP contribution in [0.5, 0.6) is 0 Å². The summed E-state index contributed by atoms with van der Waals surface area (Å²) in [5, 5.41) is 0. The minimum absolute atomic E-state index is 0.549. The summed E-state index contributed by atoms with van der Waals surface area (Å²) in [5.74, 6) is 1.13. The summed E-state index contributed by atoms with van der Waals surface area (Å²) in [6, 6.07) is 5.51. The Morgan fingerprint density at radius 3 is 2.06 bits per heavy atom. The summed E-state index contributed by atoms with van der Waals surface area (Å²) in [7, 11) is 0. The third-order valence-electron chi connectivity index (χ3n) is 1.59. The van der Waals surface area contributed by atoms with E-state index >= 15 is 0 Å². The third-order valence-corrected chi connectivity index (χ3v) is 3.35. The Morgan fingerprint density at radius 1 is 1.00 bits per heavy atom. The molecule has 0 saturated carbocycles. The molecule has 4 nitrogen and oxygen atoms in total. The van der Waals surface area contributed by atoms with Gasteiger partial charge in [0.05, 0.1) is 3.57 Å². The molecule has 0 bridgehead atoms. The Kier molecular flexibility index (Phi) is 6.14. The number of pyridine rings is 2. The maximum Gasteiger partial charge on any atom is 0.136 e. The Morgan fingerprint density at radius 2 is 1.65 bits per heavy atom. The molecule has 17 heavy (non-hydrogen) atoms. The van der Waals surface area contributed by atoms with E-state index in [-0.39, 0.29) is 0 Å². The van der Waals surface area contributed by atoms with Gasteiger partial charge in [-0.2, -0.15) is 0 Å². The van der Waals surface area contributed by atoms with Gasteiger partial charge in [-0.3, -0.25) is 0 Å². The zero-order valence-corrected chi connectivity index (χ0v) is 13.9. The predicted molar refractivity (Wildman–Crippen MR) is 85.4 cm³/mol. The number of hydrogen-bond donors (Lipinski definition) is 2. The van der Waals surface area contributed by atoms with Gasteiger partial charge in [0.15, 0.2) is 0 Å². The Balaban J connectivity index is 0.000000171. The standard InChI is InChI=1S/C5H4BrIN2.C5H5BrN2/c6-3-1-4(7)5(8)9-2-3;6-4-1-2-5(7)8-3-4/h1-2H,(H2,8,9);1-3H,(H2,7,8). The van der Waals surface area contributed by atoms with Gasteiger partial charge >= 0.3 is 0 Å². The maximum atomic E-state index is 5.45. The van der Waals surface area contributed by atoms with E-state index in [1.807, 2.05) is 12.1 Å². The molecule has 2 aromatic heterocycles. The van der Waals surface area contributed by atoms with Crippen LogP contribution in [-0.4, -0.2) is 9.97 Å². The molecule has 0 unspecified atom stereocenters. The number of nitrogens with two attached hydrogens (primary N) is 2. The van der Waals surface area contributed by atoms with Gasteiger partial charge in [-0.15, -0.1) is 0 Å². The average Bonchev–Trinajstić information content (AvgIpc) is 2.29. The maximum absolute atomic E-state index is 5.45. The Hall–Kier alpha value is -0.410. The molecule has 0 spiro atoms. The van der Waals surface area contributed by atoms with E-state index in [1.54, 1.807) is 18.5 Å². The number of hydrogen-bond acceptors (Lipinski definition) is 4. The number of nitrogen functional groups attached to an aromatic ring is 2. The molecule has 4 N–H and O–H groups in total. The highest BCUT2D eigenvalue weighted by Gasteiger charge is 1.94. The normalized spacial score (nSPS) is 9.35. The van der Waals surface area contributed by atoms with Crippen LogP contribution in [0.25, 0.3) is 0 Å². The van der Waals surface area contributed by atoms with Crippen molar-refractivity contribution >= 4 is 66.1 Å². The van der Waals surface area contributed by atoms with E-state index < -0.39 is 0 Å². The Labute approximate surface area is 130 Å². The van der Waals surface area contributed by atoms with Crippen molar-refractivity contribution in [1.29, 1.82) is 0 Å². The molecule has 0 radical (unpaired) electrons. The van der Waals surface area contributed by atoms with Crippen LogP contribution in [-0.2, 0) is 0 Å². The lowest BCUT2D eigenvalue weighted by atomic mass is 10.5. The van der Waals surface area contributed by atoms with Gasteiger partial charge in [0, 0.05) is 21.3 Å². The van der Waals surface area contributed by atoms with Crippen LogP contribution in [0.1, 0.15) is 0 Å². The van der Waals surface area contributed by atoms with Gasteiger partial charge in [0.1, 0.15) is 11.6 Å². The van der Waals surface area contributed by atoms with Crippen molar-refractivity contribution in [1.82, 2.24) is 9.97 Å². The molecule has 2 heterocycles. The average molecular weight is 472 g/mol. The van der Waals surface area contributed by atoms with Crippen LogP contribution in [0.2, 0.25) is 0 Å². The van der Waals surface area contributed by atoms with Crippen LogP contribution in [0.3, 0.4) is 0 Å². The molecule has 2 aromatic rings. The van der Waals surface area contributed by atoms with E-state index in [9.17, 15) is 0 Å². The second-order valence-corrected chi connectivity index (χ2v) is 5.92. The van der Waals surface area contributed by atoms with E-state index in [0.29, 0.717) is 11.6 Å². The van der Waals surface area contributed by atoms with Crippen LogP contribution < -0.4 is 11.5 Å². The van der Waals surface area contributed by atoms with Gasteiger partial charge in [-0.25, -0.2) is 9.97 Å². The van der Waals surface area contributed by atoms with E-state index in [1.165, 1.54) is 0 Å². The van der Waals surface area contributed by atoms with Gasteiger partial charge in [0.25, 0.3) is 0 Å². The first-order valence-electron chi connectivity index (χ1n) is 4.42. The SMILES string of the molecule is Nc1ccc(Br)cn1.Nc1ncc(Br)cc1I. The molecule has 7 heteroatoms. The minimum atomic E-state index is 0.549. The summed E-state index contributed by atoms with van der Waals surface area (Å²) in [6.07, 6.45) is 3.34. The predicted octanol–water partition coefficient (Wildman–Crippen LogP) is 3.46. The van der Waals surface area contributed by atoms with Gasteiger partial charge in [0.2, 0.25) is 0 Å². The molecule has 0 amide bonds. The third kappa shape index (κ3) is 5.64. The van der Waals surface area contributed by atoms with E-state index in [2.05, 4.69) is 64.4 Å². The summed E-state index contributed by atoms with van der Waals surface area (Å²) >= 11 is 8.63. The smallest absolute Gasteiger partial charge is 0.136 e. The lowest BCUT2D eigenvalue weighted by Gasteiger charge is -1.94. The van der Waals surface area contributed by atoms with Gasteiger partial charge in [-0.05, 0) is 72.6 Å². The molecule has 0 aliphatic carbocycles. The first-order valence-corrected chi connectivity index (χ1v) is 7.09. The molecule has 0 saturated heterocycles. The number of anilines is 2. The van der Waals surface area contributed by atoms with Crippen LogP contribution in [0.15, 0.2) is 39.5 Å². The first kappa shape index (κ1) is 14.7. The van der Waals surface area contributed by atoms with Gasteiger partial charge < -0.3 is 11.5 Å². The molecule has 90 valence electrons. The minimum Gasteiger partial charge on any atom is -0.384 e. The van der Waals surface area contributed by atoms with Crippen LogP contribution in [0, 0.1) is 3.57 Å². The molecule has 0 atom stereocenters. The molecule has 0 aromatic carbocycles. The number of halogens is 3. The molecule has 0 aliphatic rings. The zero-order valence-electron chi connectivity index (χ0n) is 8.57. The summed E-state index contributed by atoms with van der Waals surface area (Å²) in [6.45, 7) is 0. The zero-order chi connectivity index (χ0) is 12.8. The largest absolute Gasteiger partial charge is 0.384 e. The first-order chi connectivity index (χ1) is 7.99. The summed E-state index contributed by atoms with van der Waals surface area (Å²) < 4.78 is 2.88. The number of aromatic nitrogens is 2. The van der Waals surface area contributed by atoms with Crippen molar-refractivity contribution in [3.8, 4) is 0 Å². The number of rotatable bonds is 0. The monoisotopic (exact) mass is 470 g/mol. The van der Waals surface area contributed by atoms with Crippen LogP contribution in [0.4, 0.5) is 11.6 Å². The van der Waals surface area contributed by atoms with Crippen molar-refractivity contribution < 1.29 is 0 Å². The van der Waals surface area contributed by atoms with E-state index in [0.717, 1.165) is 12.5 Å². The molecule has 0 fully saturated rings. The fourth-order valence-corrected chi connectivity index (χ4v) is 2.28. The van der Waals surface area contributed by atoms with Crippen molar-refractivity contribution in [2.24, 2.45) is 0 Å². The summed E-state index contributed by atoms with van der Waals surface area (Å²) in [4.78, 5) is 7.71. The highest BCUT2D eigenvalue weighted by atomic mass is 127. The molecular formula is C10H9Br2IN4. The lowest BCUT2D eigenvalue weighted by molar-refractivity contribution is 1.30. The highest BCUT2D eigenvalue weighted by Crippen LogP contribution is 2.16. The topological polar surface area (TPSA) is 77.8 Å². The molecule has 0 aliphatic heterocycles. The molecule has 2 rings (SSSR count). The fraction of sp³-hybridized carbons (Fsp3) is 0. The second kappa shape index (κ2) is 7.12. The van der Waals surface area contributed by atoms with Crippen molar-refractivity contribution in [3.05, 3.63) is 43.1 Å². The second-order valence-electron chi connectivity index (χ2n) is 2.92. The highest BCUT2D eigenvalue weighted by molar-refractivity contribution is 14.1. The van der Waals surface area contributed by atoms with Crippen molar-refractivity contribution in [3.63, 3.8) is 0 Å². The Bertz CT molecular complexity index is 469.